The minimum absolute atomic E-state index is 0.116. The highest BCUT2D eigenvalue weighted by molar-refractivity contribution is 7.87. The number of methoxy groups -OCH3 is 1. The van der Waals surface area contributed by atoms with Gasteiger partial charge < -0.3 is 10.1 Å². The summed E-state index contributed by atoms with van der Waals surface area (Å²) in [5, 5.41) is 7.71. The summed E-state index contributed by atoms with van der Waals surface area (Å²) in [7, 11) is -2.52. The Morgan fingerprint density at radius 2 is 1.86 bits per heavy atom. The summed E-state index contributed by atoms with van der Waals surface area (Å²) in [6.07, 6.45) is -2.05. The number of carbonyl (C=O) groups is 2. The van der Waals surface area contributed by atoms with Crippen molar-refractivity contribution in [3.63, 3.8) is 0 Å². The highest BCUT2D eigenvalue weighted by atomic mass is 32.2. The summed E-state index contributed by atoms with van der Waals surface area (Å²) in [6, 6.07) is 6.09. The number of pyridine rings is 1. The van der Waals surface area contributed by atoms with Crippen LogP contribution in [0.4, 0.5) is 18.9 Å². The second-order valence-corrected chi connectivity index (χ2v) is 10.0. The van der Waals surface area contributed by atoms with E-state index in [-0.39, 0.29) is 30.6 Å². The highest BCUT2D eigenvalue weighted by Gasteiger charge is 2.33. The molecule has 198 valence electrons. The minimum Gasteiger partial charge on any atom is -0.494 e. The van der Waals surface area contributed by atoms with Gasteiger partial charge in [-0.1, -0.05) is 6.07 Å². The van der Waals surface area contributed by atoms with Gasteiger partial charge in [0.25, 0.3) is 5.91 Å². The van der Waals surface area contributed by atoms with Crippen molar-refractivity contribution in [3.8, 4) is 5.75 Å². The number of benzene rings is 1. The second kappa shape index (κ2) is 9.97. The van der Waals surface area contributed by atoms with Crippen LogP contribution in [-0.2, 0) is 21.2 Å². The van der Waals surface area contributed by atoms with Gasteiger partial charge in [0.05, 0.1) is 24.4 Å². The van der Waals surface area contributed by atoms with Crippen LogP contribution in [0.2, 0.25) is 0 Å². The van der Waals surface area contributed by atoms with Gasteiger partial charge in [0.2, 0.25) is 5.91 Å². The number of anilines is 1. The smallest absolute Gasteiger partial charge is 0.433 e. The Balaban J connectivity index is 1.52. The van der Waals surface area contributed by atoms with E-state index in [2.05, 4.69) is 15.4 Å². The van der Waals surface area contributed by atoms with E-state index in [4.69, 9.17) is 4.74 Å². The molecule has 1 fully saturated rings. The number of nitrogens with one attached hydrogen (secondary N) is 2. The predicted molar refractivity (Wildman–Crippen MR) is 126 cm³/mol. The number of aromatic nitrogens is 3. The third-order valence-corrected chi connectivity index (χ3v) is 7.36. The lowest BCUT2D eigenvalue weighted by atomic mass is 10.1. The number of hydrogen-bond donors (Lipinski definition) is 2. The van der Waals surface area contributed by atoms with Crippen molar-refractivity contribution in [1.82, 2.24) is 23.8 Å². The normalized spacial score (nSPS) is 15.5. The van der Waals surface area contributed by atoms with Crippen LogP contribution in [0.1, 0.15) is 42.0 Å². The van der Waals surface area contributed by atoms with Crippen LogP contribution < -0.4 is 14.8 Å². The van der Waals surface area contributed by atoms with Crippen LogP contribution in [0.25, 0.3) is 10.9 Å². The fraction of sp³-hybridized carbons (Fsp3) is 0.364. The Morgan fingerprint density at radius 1 is 1.16 bits per heavy atom. The quantitative estimate of drug-likeness (QED) is 0.491. The molecule has 11 nitrogen and oxygen atoms in total. The van der Waals surface area contributed by atoms with E-state index in [9.17, 15) is 31.2 Å². The molecule has 2 N–H and O–H groups in total. The molecule has 0 atom stereocenters. The number of carbonyl (C=O) groups excluding carboxylic acids is 2. The molecule has 1 aliphatic heterocycles. The molecule has 1 saturated heterocycles. The average molecular weight is 541 g/mol. The summed E-state index contributed by atoms with van der Waals surface area (Å²) < 4.78 is 73.5. The van der Waals surface area contributed by atoms with E-state index >= 15 is 0 Å². The first-order valence-electron chi connectivity index (χ1n) is 11.1. The van der Waals surface area contributed by atoms with Crippen molar-refractivity contribution in [1.29, 1.82) is 0 Å². The van der Waals surface area contributed by atoms with Crippen molar-refractivity contribution in [2.24, 2.45) is 0 Å². The van der Waals surface area contributed by atoms with Crippen LogP contribution in [0.5, 0.6) is 5.75 Å². The molecule has 2 amide bonds. The molecule has 0 unspecified atom stereocenters. The predicted octanol–water partition coefficient (Wildman–Crippen LogP) is 2.73. The van der Waals surface area contributed by atoms with E-state index in [0.29, 0.717) is 23.7 Å². The molecule has 3 heterocycles. The Morgan fingerprint density at radius 3 is 2.49 bits per heavy atom. The number of rotatable bonds is 6. The Hall–Kier alpha value is -3.72. The van der Waals surface area contributed by atoms with Gasteiger partial charge in [-0.15, -0.1) is 0 Å². The molecule has 4 rings (SSSR count). The molecule has 37 heavy (non-hydrogen) atoms. The van der Waals surface area contributed by atoms with Crippen molar-refractivity contribution < 1.29 is 35.9 Å². The number of piperidine rings is 1. The number of alkyl halides is 3. The van der Waals surface area contributed by atoms with Crippen LogP contribution >= 0.6 is 0 Å². The average Bonchev–Trinajstić information content (AvgIpc) is 3.25. The van der Waals surface area contributed by atoms with Crippen LogP contribution in [-0.4, -0.2) is 59.5 Å². The molecule has 0 radical (unpaired) electrons. The zero-order chi connectivity index (χ0) is 27.0. The fourth-order valence-electron chi connectivity index (χ4n) is 4.02. The van der Waals surface area contributed by atoms with Gasteiger partial charge in [0, 0.05) is 37.7 Å². The number of fused-ring (bicyclic) bond motifs is 1. The highest BCUT2D eigenvalue weighted by Crippen LogP contribution is 2.33. The molecule has 0 spiro atoms. The first-order chi connectivity index (χ1) is 17.4. The van der Waals surface area contributed by atoms with Gasteiger partial charge in [-0.3, -0.25) is 14.3 Å². The molecule has 15 heteroatoms. The third kappa shape index (κ3) is 5.83. The molecular weight excluding hydrogens is 517 g/mol. The van der Waals surface area contributed by atoms with Gasteiger partial charge in [-0.05, 0) is 31.0 Å². The summed E-state index contributed by atoms with van der Waals surface area (Å²) in [5.74, 6) is -1.26. The zero-order valence-electron chi connectivity index (χ0n) is 19.7. The van der Waals surface area contributed by atoms with Gasteiger partial charge >= 0.3 is 16.4 Å². The van der Waals surface area contributed by atoms with Gasteiger partial charge in [-0.25, -0.2) is 9.71 Å². The molecule has 0 bridgehead atoms. The van der Waals surface area contributed by atoms with Crippen LogP contribution in [0.15, 0.2) is 36.5 Å². The molecular formula is C22H23F3N6O5S. The summed E-state index contributed by atoms with van der Waals surface area (Å²) >= 11 is 0. The van der Waals surface area contributed by atoms with Crippen molar-refractivity contribution in [2.45, 2.75) is 32.0 Å². The lowest BCUT2D eigenvalue weighted by molar-refractivity contribution is -0.141. The number of amides is 2. The Labute approximate surface area is 209 Å². The molecule has 3 aromatic rings. The van der Waals surface area contributed by atoms with Crippen molar-refractivity contribution in [2.75, 3.05) is 25.5 Å². The standard InChI is InChI=1S/C22H23F3N6O5S/c1-13(32)29-37(34,35)30-8-6-15(7-9-30)31-12-14-10-18(19(36-2)11-17(14)28-31)27-21(33)16-4-3-5-20(26-16)22(23,24)25/h3-5,10-12,15H,6-9H2,1-2H3,(H,27,33)(H,29,32). The van der Waals surface area contributed by atoms with Crippen molar-refractivity contribution >= 4 is 38.6 Å². The van der Waals surface area contributed by atoms with E-state index in [1.165, 1.54) is 17.5 Å². The largest absolute Gasteiger partial charge is 0.494 e. The number of halogens is 3. The Kier molecular flexibility index (Phi) is 7.10. The van der Waals surface area contributed by atoms with Gasteiger partial charge in [-0.2, -0.15) is 31.0 Å². The van der Waals surface area contributed by atoms with E-state index in [0.717, 1.165) is 19.1 Å². The van der Waals surface area contributed by atoms with E-state index in [1.807, 2.05) is 4.72 Å². The lowest BCUT2D eigenvalue weighted by Crippen LogP contribution is -2.46. The molecule has 0 aliphatic carbocycles. The monoisotopic (exact) mass is 540 g/mol. The maximum absolute atomic E-state index is 13.0. The van der Waals surface area contributed by atoms with Crippen molar-refractivity contribution in [3.05, 3.63) is 47.9 Å². The van der Waals surface area contributed by atoms with Crippen LogP contribution in [0, 0.1) is 0 Å². The maximum atomic E-state index is 13.0. The summed E-state index contributed by atoms with van der Waals surface area (Å²) in [4.78, 5) is 27.2. The lowest BCUT2D eigenvalue weighted by Gasteiger charge is -2.30. The number of nitrogens with zero attached hydrogens (tertiary/aromatic N) is 4. The molecule has 1 aliphatic rings. The summed E-state index contributed by atoms with van der Waals surface area (Å²) in [5.41, 5.74) is -0.830. The SMILES string of the molecule is COc1cc2nn(C3CCN(S(=O)(=O)NC(C)=O)CC3)cc2cc1NC(=O)c1cccc(C(F)(F)F)n1. The topological polar surface area (TPSA) is 136 Å². The first kappa shape index (κ1) is 26.3. The zero-order valence-corrected chi connectivity index (χ0v) is 20.6. The van der Waals surface area contributed by atoms with E-state index < -0.39 is 39.6 Å². The maximum Gasteiger partial charge on any atom is 0.433 e. The molecule has 0 saturated carbocycles. The minimum atomic E-state index is -4.69. The van der Waals surface area contributed by atoms with Gasteiger partial charge in [0.15, 0.2) is 0 Å². The third-order valence-electron chi connectivity index (χ3n) is 5.77. The van der Waals surface area contributed by atoms with E-state index in [1.54, 1.807) is 23.0 Å². The molecule has 1 aromatic carbocycles. The first-order valence-corrected chi connectivity index (χ1v) is 12.5. The summed E-state index contributed by atoms with van der Waals surface area (Å²) in [6.45, 7) is 1.51. The molecule has 2 aromatic heterocycles. The second-order valence-electron chi connectivity index (χ2n) is 8.37. The number of hydrogen-bond acceptors (Lipinski definition) is 7. The van der Waals surface area contributed by atoms with Crippen LogP contribution in [0.3, 0.4) is 0 Å². The fourth-order valence-corrected chi connectivity index (χ4v) is 5.21. The Bertz CT molecular complexity index is 1450. The van der Waals surface area contributed by atoms with Gasteiger partial charge in [0.1, 0.15) is 17.1 Å². The number of ether oxygens (including phenoxy) is 1.